The van der Waals surface area contributed by atoms with Gasteiger partial charge in [-0.05, 0) is 73.5 Å². The SMILES string of the molecule is COc1ccc(N2C(=O)C(Nc3ccc(NC(C)=O)cc3)=C(c3ccc(C)cc3C)C2=O)cc1. The molecule has 3 aromatic rings. The summed E-state index contributed by atoms with van der Waals surface area (Å²) in [5.41, 5.74) is 4.86. The molecule has 0 saturated heterocycles. The number of imide groups is 1. The summed E-state index contributed by atoms with van der Waals surface area (Å²) in [7, 11) is 1.56. The standard InChI is InChI=1S/C27H25N3O4/c1-16-5-14-23(17(2)15-16)24-25(29-20-8-6-19(7-9-20)28-18(3)31)27(33)30(26(24)32)21-10-12-22(34-4)13-11-21/h5-15,29H,1-4H3,(H,28,31). The molecule has 2 N–H and O–H groups in total. The van der Waals surface area contributed by atoms with Crippen molar-refractivity contribution in [1.29, 1.82) is 0 Å². The van der Waals surface area contributed by atoms with Gasteiger partial charge >= 0.3 is 0 Å². The second-order valence-corrected chi connectivity index (χ2v) is 8.10. The Balaban J connectivity index is 1.77. The first-order chi connectivity index (χ1) is 16.3. The van der Waals surface area contributed by atoms with Crippen molar-refractivity contribution in [2.45, 2.75) is 20.8 Å². The molecule has 0 saturated carbocycles. The van der Waals surface area contributed by atoms with Crippen molar-refractivity contribution in [2.75, 3.05) is 22.6 Å². The van der Waals surface area contributed by atoms with Gasteiger partial charge in [-0.2, -0.15) is 0 Å². The summed E-state index contributed by atoms with van der Waals surface area (Å²) in [4.78, 5) is 39.6. The first kappa shape index (κ1) is 22.8. The number of aryl methyl sites for hydroxylation is 2. The van der Waals surface area contributed by atoms with Gasteiger partial charge in [-0.1, -0.05) is 23.8 Å². The van der Waals surface area contributed by atoms with Crippen molar-refractivity contribution in [3.05, 3.63) is 89.1 Å². The average molecular weight is 456 g/mol. The third-order valence-corrected chi connectivity index (χ3v) is 5.54. The molecule has 1 aliphatic rings. The van der Waals surface area contributed by atoms with E-state index < -0.39 is 11.8 Å². The highest BCUT2D eigenvalue weighted by atomic mass is 16.5. The van der Waals surface area contributed by atoms with Gasteiger partial charge in [-0.15, -0.1) is 0 Å². The highest BCUT2D eigenvalue weighted by Gasteiger charge is 2.40. The Kier molecular flexibility index (Phi) is 6.19. The maximum atomic E-state index is 13.6. The number of anilines is 3. The van der Waals surface area contributed by atoms with E-state index in [2.05, 4.69) is 10.6 Å². The number of carbonyl (C=O) groups is 3. The summed E-state index contributed by atoms with van der Waals surface area (Å²) in [6.45, 7) is 5.33. The van der Waals surface area contributed by atoms with Crippen LogP contribution in [0.15, 0.2) is 72.4 Å². The van der Waals surface area contributed by atoms with Gasteiger partial charge in [0.1, 0.15) is 11.4 Å². The Morgan fingerprint density at radius 3 is 2.09 bits per heavy atom. The number of ether oxygens (including phenoxy) is 1. The lowest BCUT2D eigenvalue weighted by Crippen LogP contribution is -2.32. The highest BCUT2D eigenvalue weighted by molar-refractivity contribution is 6.46. The van der Waals surface area contributed by atoms with Crippen LogP contribution in [-0.4, -0.2) is 24.8 Å². The van der Waals surface area contributed by atoms with Crippen LogP contribution in [-0.2, 0) is 14.4 Å². The van der Waals surface area contributed by atoms with Crippen LogP contribution < -0.4 is 20.3 Å². The van der Waals surface area contributed by atoms with E-state index in [9.17, 15) is 14.4 Å². The molecule has 0 spiro atoms. The van der Waals surface area contributed by atoms with Crippen molar-refractivity contribution < 1.29 is 19.1 Å². The predicted molar refractivity (Wildman–Crippen MR) is 133 cm³/mol. The Bertz CT molecular complexity index is 1310. The van der Waals surface area contributed by atoms with Gasteiger partial charge in [0.15, 0.2) is 0 Å². The van der Waals surface area contributed by atoms with Crippen LogP contribution in [0.3, 0.4) is 0 Å². The number of nitrogens with one attached hydrogen (secondary N) is 2. The fourth-order valence-electron chi connectivity index (χ4n) is 3.94. The molecule has 4 rings (SSSR count). The van der Waals surface area contributed by atoms with E-state index in [1.54, 1.807) is 55.6 Å². The molecule has 34 heavy (non-hydrogen) atoms. The monoisotopic (exact) mass is 455 g/mol. The molecule has 3 amide bonds. The summed E-state index contributed by atoms with van der Waals surface area (Å²) in [6, 6.07) is 19.5. The number of hydrogen-bond acceptors (Lipinski definition) is 5. The van der Waals surface area contributed by atoms with Crippen LogP contribution >= 0.6 is 0 Å². The smallest absolute Gasteiger partial charge is 0.282 e. The summed E-state index contributed by atoms with van der Waals surface area (Å²) in [6.07, 6.45) is 0. The summed E-state index contributed by atoms with van der Waals surface area (Å²) in [5.74, 6) is -0.397. The minimum absolute atomic E-state index is 0.174. The van der Waals surface area contributed by atoms with Gasteiger partial charge in [0.25, 0.3) is 11.8 Å². The third kappa shape index (κ3) is 4.41. The molecule has 0 aliphatic carbocycles. The summed E-state index contributed by atoms with van der Waals surface area (Å²) < 4.78 is 5.20. The molecule has 0 radical (unpaired) electrons. The van der Waals surface area contributed by atoms with E-state index in [0.717, 1.165) is 11.1 Å². The lowest BCUT2D eigenvalue weighted by Gasteiger charge is -2.16. The van der Waals surface area contributed by atoms with Gasteiger partial charge in [-0.25, -0.2) is 4.90 Å². The molecule has 7 nitrogen and oxygen atoms in total. The minimum atomic E-state index is -0.448. The second kappa shape index (κ2) is 9.23. The number of rotatable bonds is 6. The maximum absolute atomic E-state index is 13.6. The number of hydrogen-bond donors (Lipinski definition) is 2. The maximum Gasteiger partial charge on any atom is 0.282 e. The molecular weight excluding hydrogens is 430 g/mol. The zero-order chi connectivity index (χ0) is 24.4. The van der Waals surface area contributed by atoms with Crippen molar-refractivity contribution in [3.8, 4) is 5.75 Å². The largest absolute Gasteiger partial charge is 0.497 e. The van der Waals surface area contributed by atoms with Gasteiger partial charge in [0.2, 0.25) is 5.91 Å². The lowest BCUT2D eigenvalue weighted by molar-refractivity contribution is -0.120. The van der Waals surface area contributed by atoms with Crippen molar-refractivity contribution in [1.82, 2.24) is 0 Å². The third-order valence-electron chi connectivity index (χ3n) is 5.54. The van der Waals surface area contributed by atoms with E-state index in [1.165, 1.54) is 11.8 Å². The van der Waals surface area contributed by atoms with E-state index in [-0.39, 0.29) is 11.6 Å². The average Bonchev–Trinajstić information content (AvgIpc) is 3.04. The molecule has 0 atom stereocenters. The van der Waals surface area contributed by atoms with Crippen molar-refractivity contribution in [3.63, 3.8) is 0 Å². The fourth-order valence-corrected chi connectivity index (χ4v) is 3.94. The van der Waals surface area contributed by atoms with Gasteiger partial charge in [0.05, 0.1) is 18.4 Å². The molecule has 172 valence electrons. The van der Waals surface area contributed by atoms with E-state index in [1.807, 2.05) is 32.0 Å². The minimum Gasteiger partial charge on any atom is -0.497 e. The topological polar surface area (TPSA) is 87.7 Å². The van der Waals surface area contributed by atoms with Crippen LogP contribution in [0.5, 0.6) is 5.75 Å². The Morgan fingerprint density at radius 2 is 1.50 bits per heavy atom. The van der Waals surface area contributed by atoms with Gasteiger partial charge < -0.3 is 15.4 Å². The van der Waals surface area contributed by atoms with Crippen LogP contribution in [0.1, 0.15) is 23.6 Å². The van der Waals surface area contributed by atoms with Crippen LogP contribution in [0.2, 0.25) is 0 Å². The quantitative estimate of drug-likeness (QED) is 0.528. The normalized spacial score (nSPS) is 13.4. The zero-order valence-electron chi connectivity index (χ0n) is 19.4. The molecule has 1 aliphatic heterocycles. The first-order valence-electron chi connectivity index (χ1n) is 10.8. The summed E-state index contributed by atoms with van der Waals surface area (Å²) >= 11 is 0. The number of benzene rings is 3. The Morgan fingerprint density at radius 1 is 0.853 bits per heavy atom. The molecule has 0 fully saturated rings. The number of carbonyl (C=O) groups excluding carboxylic acids is 3. The molecule has 1 heterocycles. The molecule has 3 aromatic carbocycles. The van der Waals surface area contributed by atoms with Crippen LogP contribution in [0.4, 0.5) is 17.1 Å². The van der Waals surface area contributed by atoms with Gasteiger partial charge in [-0.3, -0.25) is 14.4 Å². The number of methoxy groups -OCH3 is 1. The second-order valence-electron chi connectivity index (χ2n) is 8.10. The van der Waals surface area contributed by atoms with E-state index in [0.29, 0.717) is 33.9 Å². The Labute approximate surface area is 198 Å². The van der Waals surface area contributed by atoms with E-state index >= 15 is 0 Å². The predicted octanol–water partition coefficient (Wildman–Crippen LogP) is 4.67. The molecule has 0 unspecified atom stereocenters. The van der Waals surface area contributed by atoms with Gasteiger partial charge in [0, 0.05) is 18.3 Å². The number of amides is 3. The van der Waals surface area contributed by atoms with Crippen LogP contribution in [0.25, 0.3) is 5.57 Å². The molecular formula is C27H25N3O4. The summed E-state index contributed by atoms with van der Waals surface area (Å²) in [5, 5.41) is 5.85. The van der Waals surface area contributed by atoms with Crippen LogP contribution in [0, 0.1) is 13.8 Å². The Hall–Kier alpha value is -4.39. The molecule has 7 heteroatoms. The fraction of sp³-hybridized carbons (Fsp3) is 0.148. The highest BCUT2D eigenvalue weighted by Crippen LogP contribution is 2.35. The molecule has 0 aromatic heterocycles. The van der Waals surface area contributed by atoms with Crippen molar-refractivity contribution in [2.24, 2.45) is 0 Å². The first-order valence-corrected chi connectivity index (χ1v) is 10.8. The zero-order valence-corrected chi connectivity index (χ0v) is 19.4. The lowest BCUT2D eigenvalue weighted by atomic mass is 9.97. The molecule has 0 bridgehead atoms. The number of nitrogens with zero attached hydrogens (tertiary/aromatic N) is 1. The van der Waals surface area contributed by atoms with E-state index in [4.69, 9.17) is 4.74 Å². The van der Waals surface area contributed by atoms with Crippen molar-refractivity contribution >= 4 is 40.4 Å².